The van der Waals surface area contributed by atoms with Gasteiger partial charge in [0.1, 0.15) is 17.1 Å². The minimum absolute atomic E-state index is 0.0312. The third kappa shape index (κ3) is 3.20. The third-order valence-electron chi connectivity index (χ3n) is 3.49. The van der Waals surface area contributed by atoms with E-state index < -0.39 is 0 Å². The molecule has 0 aliphatic carbocycles. The third-order valence-corrected chi connectivity index (χ3v) is 4.02. The highest BCUT2D eigenvalue weighted by molar-refractivity contribution is 7.27. The van der Waals surface area contributed by atoms with E-state index in [0.29, 0.717) is 11.3 Å². The average Bonchev–Trinajstić information content (AvgIpc) is 2.49. The number of benzene rings is 2. The molecule has 0 saturated carbocycles. The first-order valence-electron chi connectivity index (χ1n) is 6.89. The van der Waals surface area contributed by atoms with Gasteiger partial charge in [0.2, 0.25) is 0 Å². The molecule has 1 N–H and O–H groups in total. The zero-order valence-electron chi connectivity index (χ0n) is 12.9. The largest absolute Gasteiger partial charge is 0.507 e. The Morgan fingerprint density at radius 3 is 2.55 bits per heavy atom. The van der Waals surface area contributed by atoms with E-state index in [1.807, 2.05) is 31.2 Å². The minimum atomic E-state index is -0.283. The highest BCUT2D eigenvalue weighted by Crippen LogP contribution is 2.34. The molecule has 3 nitrogen and oxygen atoms in total. The van der Waals surface area contributed by atoms with Gasteiger partial charge < -0.3 is 9.84 Å². The second kappa shape index (κ2) is 6.76. The number of phenols is 1. The van der Waals surface area contributed by atoms with Crippen molar-refractivity contribution in [3.05, 3.63) is 58.7 Å². The van der Waals surface area contributed by atoms with Crippen LogP contribution in [0.3, 0.4) is 0 Å². The van der Waals surface area contributed by atoms with Gasteiger partial charge in [-0.2, -0.15) is 0 Å². The molecule has 0 saturated heterocycles. The number of aromatic hydroxyl groups is 1. The summed E-state index contributed by atoms with van der Waals surface area (Å²) in [6, 6.07) is 9.51. The smallest absolute Gasteiger partial charge is 0.193 e. The number of allylic oxidation sites excluding steroid dienone is 1. The summed E-state index contributed by atoms with van der Waals surface area (Å²) >= 11 is 0. The van der Waals surface area contributed by atoms with Crippen molar-refractivity contribution in [3.63, 3.8) is 0 Å². The lowest BCUT2D eigenvalue weighted by Gasteiger charge is -2.13. The first-order chi connectivity index (χ1) is 10.5. The second-order valence-corrected chi connectivity index (χ2v) is 5.72. The summed E-state index contributed by atoms with van der Waals surface area (Å²) < 4.78 is 5.29. The molecule has 2 aromatic carbocycles. The Balaban J connectivity index is 2.44. The van der Waals surface area contributed by atoms with Gasteiger partial charge in [-0.05, 0) is 48.0 Å². The van der Waals surface area contributed by atoms with E-state index in [2.05, 4.69) is 9.24 Å². The molecule has 2 rings (SSSR count). The van der Waals surface area contributed by atoms with Crippen LogP contribution >= 0.6 is 9.24 Å². The molecular formula is C18H19O3P. The molecule has 1 unspecified atom stereocenters. The molecule has 0 bridgehead atoms. The van der Waals surface area contributed by atoms with Gasteiger partial charge in [0, 0.05) is 0 Å². The van der Waals surface area contributed by atoms with Crippen LogP contribution in [0.25, 0.3) is 6.08 Å². The van der Waals surface area contributed by atoms with Crippen molar-refractivity contribution in [1.82, 2.24) is 0 Å². The number of carbonyl (C=O) groups excluding carboxylic acids is 1. The van der Waals surface area contributed by atoms with Crippen molar-refractivity contribution in [2.24, 2.45) is 0 Å². The van der Waals surface area contributed by atoms with Crippen molar-refractivity contribution in [1.29, 1.82) is 0 Å². The second-order valence-electron chi connectivity index (χ2n) is 5.09. The van der Waals surface area contributed by atoms with Gasteiger partial charge in [-0.3, -0.25) is 4.79 Å². The van der Waals surface area contributed by atoms with Crippen LogP contribution in [0.5, 0.6) is 11.5 Å². The summed E-state index contributed by atoms with van der Waals surface area (Å²) in [5.41, 5.74) is 2.61. The highest BCUT2D eigenvalue weighted by atomic mass is 31.0. The van der Waals surface area contributed by atoms with Crippen molar-refractivity contribution in [3.8, 4) is 11.5 Å². The van der Waals surface area contributed by atoms with Crippen LogP contribution in [0.1, 0.15) is 27.0 Å². The van der Waals surface area contributed by atoms with Crippen LogP contribution in [-0.4, -0.2) is 18.0 Å². The molecule has 114 valence electrons. The van der Waals surface area contributed by atoms with E-state index in [0.717, 1.165) is 16.4 Å². The molecule has 0 aliphatic rings. The Morgan fingerprint density at radius 1 is 1.23 bits per heavy atom. The van der Waals surface area contributed by atoms with Gasteiger partial charge in [0.05, 0.1) is 7.11 Å². The number of hydrogen-bond donors (Lipinski definition) is 1. The lowest BCUT2D eigenvalue weighted by Crippen LogP contribution is -2.03. The molecule has 0 aromatic heterocycles. The van der Waals surface area contributed by atoms with Gasteiger partial charge in [-0.1, -0.05) is 30.3 Å². The fourth-order valence-electron chi connectivity index (χ4n) is 2.36. The Bertz CT molecular complexity index is 748. The average molecular weight is 314 g/mol. The van der Waals surface area contributed by atoms with E-state index in [4.69, 9.17) is 4.74 Å². The van der Waals surface area contributed by atoms with Crippen molar-refractivity contribution in [2.45, 2.75) is 13.8 Å². The van der Waals surface area contributed by atoms with Crippen LogP contribution in [0.2, 0.25) is 0 Å². The normalized spacial score (nSPS) is 10.9. The monoisotopic (exact) mass is 314 g/mol. The molecule has 2 aromatic rings. The predicted octanol–water partition coefficient (Wildman–Crippen LogP) is 3.41. The summed E-state index contributed by atoms with van der Waals surface area (Å²) in [7, 11) is 4.12. The summed E-state index contributed by atoms with van der Waals surface area (Å²) in [6.45, 7) is 3.62. The minimum Gasteiger partial charge on any atom is -0.507 e. The van der Waals surface area contributed by atoms with Gasteiger partial charge in [0.25, 0.3) is 0 Å². The number of phenolic OH excluding ortho intramolecular Hbond substituents is 1. The number of carbonyl (C=O) groups is 1. The summed E-state index contributed by atoms with van der Waals surface area (Å²) in [5, 5.41) is 11.2. The van der Waals surface area contributed by atoms with Crippen LogP contribution < -0.4 is 10.0 Å². The fraction of sp³-hybridized carbons (Fsp3) is 0.167. The first kappa shape index (κ1) is 16.3. The Kier molecular flexibility index (Phi) is 4.99. The molecule has 22 heavy (non-hydrogen) atoms. The summed E-state index contributed by atoms with van der Waals surface area (Å²) in [4.78, 5) is 12.5. The maximum absolute atomic E-state index is 12.5. The van der Waals surface area contributed by atoms with E-state index >= 15 is 0 Å². The maximum atomic E-state index is 12.5. The number of methoxy groups -OCH3 is 1. The van der Waals surface area contributed by atoms with Crippen molar-refractivity contribution < 1.29 is 14.6 Å². The zero-order valence-corrected chi connectivity index (χ0v) is 14.0. The molecule has 0 radical (unpaired) electrons. The lowest BCUT2D eigenvalue weighted by atomic mass is 10.00. The number of hydrogen-bond acceptors (Lipinski definition) is 3. The zero-order chi connectivity index (χ0) is 16.3. The van der Waals surface area contributed by atoms with Crippen molar-refractivity contribution in [2.75, 3.05) is 7.11 Å². The maximum Gasteiger partial charge on any atom is 0.193 e. The summed E-state index contributed by atoms with van der Waals surface area (Å²) in [5.74, 6) is 0.0996. The van der Waals surface area contributed by atoms with Crippen molar-refractivity contribution >= 4 is 26.4 Å². The van der Waals surface area contributed by atoms with Crippen LogP contribution in [0.4, 0.5) is 0 Å². The van der Waals surface area contributed by atoms with Gasteiger partial charge in [-0.15, -0.1) is 9.24 Å². The SMILES string of the molecule is COc1c(C)cc(C)c(O)c1C(=O)/C=C/c1ccccc1P. The topological polar surface area (TPSA) is 46.5 Å². The summed E-state index contributed by atoms with van der Waals surface area (Å²) in [6.07, 6.45) is 3.20. The van der Waals surface area contributed by atoms with Gasteiger partial charge in [-0.25, -0.2) is 0 Å². The molecule has 4 heteroatoms. The van der Waals surface area contributed by atoms with Crippen LogP contribution in [0.15, 0.2) is 36.4 Å². The molecule has 1 atom stereocenters. The number of rotatable bonds is 4. The molecule has 0 fully saturated rings. The molecule has 0 spiro atoms. The molecule has 0 heterocycles. The number of aryl methyl sites for hydroxylation is 2. The van der Waals surface area contributed by atoms with Gasteiger partial charge in [0.15, 0.2) is 5.78 Å². The van der Waals surface area contributed by atoms with Gasteiger partial charge >= 0.3 is 0 Å². The molecular weight excluding hydrogens is 295 g/mol. The van der Waals surface area contributed by atoms with E-state index in [-0.39, 0.29) is 17.1 Å². The standard InChI is InChI=1S/C18H19O3P/c1-11-10-12(2)18(21-3)16(17(11)20)14(19)9-8-13-6-4-5-7-15(13)22/h4-10,20H,22H2,1-3H3/b9-8+. The molecule has 0 amide bonds. The lowest BCUT2D eigenvalue weighted by molar-refractivity contribution is 0.104. The van der Waals surface area contributed by atoms with E-state index in [9.17, 15) is 9.90 Å². The Hall–Kier alpha value is -2.12. The van der Waals surface area contributed by atoms with Crippen LogP contribution in [-0.2, 0) is 0 Å². The number of ether oxygens (including phenoxy) is 1. The molecule has 0 aliphatic heterocycles. The van der Waals surface area contributed by atoms with Crippen LogP contribution in [0, 0.1) is 13.8 Å². The van der Waals surface area contributed by atoms with E-state index in [1.165, 1.54) is 13.2 Å². The highest BCUT2D eigenvalue weighted by Gasteiger charge is 2.19. The number of ketones is 1. The fourth-order valence-corrected chi connectivity index (χ4v) is 2.67. The Morgan fingerprint density at radius 2 is 1.91 bits per heavy atom. The Labute approximate surface area is 132 Å². The predicted molar refractivity (Wildman–Crippen MR) is 93.3 cm³/mol. The van der Waals surface area contributed by atoms with E-state index in [1.54, 1.807) is 19.1 Å². The quantitative estimate of drug-likeness (QED) is 0.534. The first-order valence-corrected chi connectivity index (χ1v) is 7.47.